The minimum atomic E-state index is -0.164. The highest BCUT2D eigenvalue weighted by Crippen LogP contribution is 2.34. The predicted octanol–water partition coefficient (Wildman–Crippen LogP) is 3.75. The maximum atomic E-state index is 10.4. The van der Waals surface area contributed by atoms with E-state index in [1.807, 2.05) is 23.7 Å². The van der Waals surface area contributed by atoms with Crippen molar-refractivity contribution in [3.63, 3.8) is 0 Å². The second-order valence-corrected chi connectivity index (χ2v) is 6.00. The van der Waals surface area contributed by atoms with Crippen molar-refractivity contribution < 1.29 is 5.11 Å². The minimum absolute atomic E-state index is 0.164. The van der Waals surface area contributed by atoms with Gasteiger partial charge in [0.25, 0.3) is 0 Å². The molecule has 0 amide bonds. The zero-order valence-corrected chi connectivity index (χ0v) is 12.4. The molecule has 19 heavy (non-hydrogen) atoms. The van der Waals surface area contributed by atoms with Crippen LogP contribution in [0.25, 0.3) is 5.69 Å². The van der Waals surface area contributed by atoms with Gasteiger partial charge in [-0.3, -0.25) is 0 Å². The van der Waals surface area contributed by atoms with Crippen LogP contribution in [0.15, 0.2) is 24.3 Å². The molecule has 0 aliphatic carbocycles. The number of benzene rings is 1. The third-order valence-electron chi connectivity index (χ3n) is 3.24. The Morgan fingerprint density at radius 2 is 1.95 bits per heavy atom. The van der Waals surface area contributed by atoms with Crippen LogP contribution >= 0.6 is 0 Å². The average molecular weight is 258 g/mol. The van der Waals surface area contributed by atoms with E-state index in [9.17, 15) is 5.11 Å². The molecule has 0 bridgehead atoms. The molecule has 0 saturated heterocycles. The van der Waals surface area contributed by atoms with E-state index in [4.69, 9.17) is 0 Å². The summed E-state index contributed by atoms with van der Waals surface area (Å²) in [7, 11) is 0. The third kappa shape index (κ3) is 2.50. The first-order valence-electron chi connectivity index (χ1n) is 6.73. The van der Waals surface area contributed by atoms with E-state index in [0.717, 1.165) is 23.5 Å². The Hall–Kier alpha value is -1.77. The van der Waals surface area contributed by atoms with Crippen LogP contribution in [0.1, 0.15) is 44.6 Å². The van der Waals surface area contributed by atoms with Crippen molar-refractivity contribution in [1.29, 1.82) is 0 Å². The number of aryl methyl sites for hydroxylation is 1. The van der Waals surface area contributed by atoms with Crippen LogP contribution in [0.2, 0.25) is 0 Å². The van der Waals surface area contributed by atoms with Crippen molar-refractivity contribution in [2.75, 3.05) is 0 Å². The molecule has 1 heterocycles. The molecule has 1 N–H and O–H groups in total. The van der Waals surface area contributed by atoms with Gasteiger partial charge in [0.2, 0.25) is 0 Å². The molecule has 0 saturated carbocycles. The molecular weight excluding hydrogens is 236 g/mol. The summed E-state index contributed by atoms with van der Waals surface area (Å²) in [4.78, 5) is 0. The van der Waals surface area contributed by atoms with Gasteiger partial charge in [-0.1, -0.05) is 39.8 Å². The smallest absolute Gasteiger partial charge is 0.161 e. The van der Waals surface area contributed by atoms with Gasteiger partial charge in [-0.15, -0.1) is 0 Å². The quantitative estimate of drug-likeness (QED) is 0.891. The lowest BCUT2D eigenvalue weighted by atomic mass is 9.91. The number of hydrogen-bond acceptors (Lipinski definition) is 2. The molecule has 102 valence electrons. The number of hydrogen-bond donors (Lipinski definition) is 1. The molecule has 0 atom stereocenters. The Morgan fingerprint density at radius 3 is 2.47 bits per heavy atom. The molecule has 0 aliphatic rings. The highest BCUT2D eigenvalue weighted by Gasteiger charge is 2.26. The third-order valence-corrected chi connectivity index (χ3v) is 3.24. The Morgan fingerprint density at radius 1 is 1.26 bits per heavy atom. The van der Waals surface area contributed by atoms with Crippen LogP contribution in [0.3, 0.4) is 0 Å². The summed E-state index contributed by atoms with van der Waals surface area (Å²) in [6.07, 6.45) is 0.753. The average Bonchev–Trinajstić information content (AvgIpc) is 2.66. The molecule has 0 aliphatic heterocycles. The Balaban J connectivity index is 2.64. The largest absolute Gasteiger partial charge is 0.504 e. The molecule has 0 fully saturated rings. The molecule has 2 aromatic rings. The highest BCUT2D eigenvalue weighted by atomic mass is 16.3. The number of aromatic hydroxyl groups is 1. The van der Waals surface area contributed by atoms with Gasteiger partial charge in [0.1, 0.15) is 5.69 Å². The van der Waals surface area contributed by atoms with Crippen LogP contribution in [0, 0.1) is 6.92 Å². The molecule has 3 heteroatoms. The fourth-order valence-electron chi connectivity index (χ4n) is 2.24. The van der Waals surface area contributed by atoms with Gasteiger partial charge in [0.15, 0.2) is 5.75 Å². The molecule has 0 unspecified atom stereocenters. The fraction of sp³-hybridized carbons (Fsp3) is 0.438. The standard InChI is InChI=1S/C16H22N2O/c1-6-13-14(19)15(16(3,4)5)17-18(13)12-9-7-8-11(2)10-12/h7-10,19H,6H2,1-5H3. The lowest BCUT2D eigenvalue weighted by Crippen LogP contribution is -2.13. The SMILES string of the molecule is CCc1c(O)c(C(C)(C)C)nn1-c1cccc(C)c1. The van der Waals surface area contributed by atoms with Crippen molar-refractivity contribution in [3.05, 3.63) is 41.2 Å². The maximum Gasteiger partial charge on any atom is 0.161 e. The van der Waals surface area contributed by atoms with Crippen LogP contribution in [0.4, 0.5) is 0 Å². The van der Waals surface area contributed by atoms with Crippen molar-refractivity contribution in [1.82, 2.24) is 9.78 Å². The van der Waals surface area contributed by atoms with Gasteiger partial charge in [0.05, 0.1) is 11.4 Å². The summed E-state index contributed by atoms with van der Waals surface area (Å²) in [6, 6.07) is 8.17. The van der Waals surface area contributed by atoms with Crippen molar-refractivity contribution in [2.24, 2.45) is 0 Å². The number of nitrogens with zero attached hydrogens (tertiary/aromatic N) is 2. The summed E-state index contributed by atoms with van der Waals surface area (Å²) in [6.45, 7) is 10.3. The summed E-state index contributed by atoms with van der Waals surface area (Å²) < 4.78 is 1.86. The van der Waals surface area contributed by atoms with Gasteiger partial charge in [-0.25, -0.2) is 4.68 Å². The Labute approximate surface area is 114 Å². The summed E-state index contributed by atoms with van der Waals surface area (Å²) in [5, 5.41) is 15.0. The number of aromatic nitrogens is 2. The lowest BCUT2D eigenvalue weighted by molar-refractivity contribution is 0.440. The van der Waals surface area contributed by atoms with Crippen LogP contribution in [-0.2, 0) is 11.8 Å². The molecule has 0 spiro atoms. The molecule has 1 aromatic carbocycles. The van der Waals surface area contributed by atoms with Crippen LogP contribution in [0.5, 0.6) is 5.75 Å². The van der Waals surface area contributed by atoms with Crippen molar-refractivity contribution in [3.8, 4) is 11.4 Å². The first kappa shape index (κ1) is 13.7. The second-order valence-electron chi connectivity index (χ2n) is 6.00. The zero-order chi connectivity index (χ0) is 14.2. The highest BCUT2D eigenvalue weighted by molar-refractivity contribution is 5.44. The van der Waals surface area contributed by atoms with E-state index in [0.29, 0.717) is 5.75 Å². The second kappa shape index (κ2) is 4.72. The van der Waals surface area contributed by atoms with Crippen molar-refractivity contribution in [2.45, 2.75) is 46.5 Å². The maximum absolute atomic E-state index is 10.4. The summed E-state index contributed by atoms with van der Waals surface area (Å²) in [5.41, 5.74) is 3.65. The van der Waals surface area contributed by atoms with Gasteiger partial charge in [0, 0.05) is 5.41 Å². The normalized spacial score (nSPS) is 11.8. The van der Waals surface area contributed by atoms with Gasteiger partial charge >= 0.3 is 0 Å². The van der Waals surface area contributed by atoms with E-state index in [2.05, 4.69) is 44.9 Å². The first-order chi connectivity index (χ1) is 8.84. The van der Waals surface area contributed by atoms with E-state index < -0.39 is 0 Å². The lowest BCUT2D eigenvalue weighted by Gasteiger charge is -2.15. The fourth-order valence-corrected chi connectivity index (χ4v) is 2.24. The Bertz CT molecular complexity index is 591. The van der Waals surface area contributed by atoms with Gasteiger partial charge < -0.3 is 5.11 Å². The first-order valence-corrected chi connectivity index (χ1v) is 6.73. The predicted molar refractivity (Wildman–Crippen MR) is 78.0 cm³/mol. The summed E-state index contributed by atoms with van der Waals surface area (Å²) in [5.74, 6) is 0.330. The monoisotopic (exact) mass is 258 g/mol. The Kier molecular flexibility index (Phi) is 3.40. The van der Waals surface area contributed by atoms with E-state index >= 15 is 0 Å². The molecule has 0 radical (unpaired) electrons. The van der Waals surface area contributed by atoms with Gasteiger partial charge in [-0.05, 0) is 31.0 Å². The van der Waals surface area contributed by atoms with Gasteiger partial charge in [-0.2, -0.15) is 5.10 Å². The van der Waals surface area contributed by atoms with E-state index in [1.165, 1.54) is 5.56 Å². The van der Waals surface area contributed by atoms with Crippen LogP contribution < -0.4 is 0 Å². The number of rotatable bonds is 2. The van der Waals surface area contributed by atoms with Crippen LogP contribution in [-0.4, -0.2) is 14.9 Å². The molecule has 1 aromatic heterocycles. The van der Waals surface area contributed by atoms with E-state index in [1.54, 1.807) is 0 Å². The zero-order valence-electron chi connectivity index (χ0n) is 12.4. The summed E-state index contributed by atoms with van der Waals surface area (Å²) >= 11 is 0. The van der Waals surface area contributed by atoms with Crippen molar-refractivity contribution >= 4 is 0 Å². The molecular formula is C16H22N2O. The molecule has 2 rings (SSSR count). The molecule has 3 nitrogen and oxygen atoms in total. The van der Waals surface area contributed by atoms with E-state index in [-0.39, 0.29) is 5.41 Å². The topological polar surface area (TPSA) is 38.1 Å². The minimum Gasteiger partial charge on any atom is -0.504 e.